The van der Waals surface area contributed by atoms with Crippen LogP contribution in [-0.2, 0) is 26.9 Å². The van der Waals surface area contributed by atoms with E-state index in [9.17, 15) is 23.5 Å². The number of rotatable bonds is 20. The average molecular weight is 513 g/mol. The maximum absolute atomic E-state index is 12.3. The van der Waals surface area contributed by atoms with E-state index in [4.69, 9.17) is 14.4 Å². The highest BCUT2D eigenvalue weighted by molar-refractivity contribution is 7.66. The van der Waals surface area contributed by atoms with Crippen molar-refractivity contribution in [3.8, 4) is 0 Å². The highest BCUT2D eigenvalue weighted by Gasteiger charge is 2.42. The first-order valence-corrected chi connectivity index (χ1v) is 15.0. The van der Waals surface area contributed by atoms with Crippen molar-refractivity contribution in [3.63, 3.8) is 0 Å². The van der Waals surface area contributed by atoms with Gasteiger partial charge in [0.15, 0.2) is 0 Å². The smallest absolute Gasteiger partial charge is 0.302 e. The molecule has 0 aromatic rings. The molecule has 0 radical (unpaired) electrons. The Bertz CT molecular complexity index is 621. The van der Waals surface area contributed by atoms with Crippen LogP contribution in [0, 0.1) is 0 Å². The molecule has 188 valence electrons. The number of hydrazine groups is 2. The number of unbranched alkanes of at least 4 members (excludes halogenated alkanes) is 6. The monoisotopic (exact) mass is 513 g/mol. The largest absolute Gasteiger partial charge is 0.499 e. The molecule has 31 heavy (non-hydrogen) atoms. The molecular weight excluding hydrogens is 475 g/mol. The minimum atomic E-state index is -5.58. The predicted octanol–water partition coefficient (Wildman–Crippen LogP) is 3.84. The van der Waals surface area contributed by atoms with Gasteiger partial charge in [-0.1, -0.05) is 64.5 Å². The Kier molecular flexibility index (Phi) is 16.2. The van der Waals surface area contributed by atoms with E-state index in [2.05, 4.69) is 21.0 Å². The van der Waals surface area contributed by atoms with Gasteiger partial charge in [0.2, 0.25) is 0 Å². The number of hydrogen-bond donors (Lipinski definition) is 5. The van der Waals surface area contributed by atoms with Crippen LogP contribution in [0.1, 0.15) is 78.6 Å². The predicted molar refractivity (Wildman–Crippen MR) is 115 cm³/mol. The molecule has 2 atom stereocenters. The molecule has 0 spiro atoms. The summed E-state index contributed by atoms with van der Waals surface area (Å²) in [6, 6.07) is 0. The summed E-state index contributed by atoms with van der Waals surface area (Å²) >= 11 is 0. The molecule has 0 saturated heterocycles. The van der Waals surface area contributed by atoms with Crippen molar-refractivity contribution < 1.29 is 46.5 Å². The standard InChI is InChI=1S/C15H38N3O10P3/c1-4-7-10-13-16-17(14-11-8-5-2)18(15-12-9-6-3)26-30(22,23)28-31(24,25)27-29(19,20)21/h16H,4-15H2,1-3H3,(H,22,23)(H,24,25)(H2,19,20,21). The van der Waals surface area contributed by atoms with Crippen molar-refractivity contribution in [1.82, 2.24) is 15.7 Å². The molecule has 0 rings (SSSR count). The summed E-state index contributed by atoms with van der Waals surface area (Å²) in [6.07, 6.45) is 7.74. The Morgan fingerprint density at radius 1 is 0.710 bits per heavy atom. The fourth-order valence-electron chi connectivity index (χ4n) is 2.48. The van der Waals surface area contributed by atoms with E-state index in [1.54, 1.807) is 0 Å². The third kappa shape index (κ3) is 17.4. The van der Waals surface area contributed by atoms with Crippen molar-refractivity contribution in [2.75, 3.05) is 19.6 Å². The molecule has 0 heterocycles. The third-order valence-electron chi connectivity index (χ3n) is 3.88. The summed E-state index contributed by atoms with van der Waals surface area (Å²) in [5, 5.41) is 2.56. The quantitative estimate of drug-likeness (QED) is 0.0901. The summed E-state index contributed by atoms with van der Waals surface area (Å²) in [6.45, 7) is 7.25. The van der Waals surface area contributed by atoms with Crippen molar-refractivity contribution in [2.24, 2.45) is 0 Å². The van der Waals surface area contributed by atoms with E-state index in [1.165, 1.54) is 5.12 Å². The number of nitrogens with one attached hydrogen (secondary N) is 1. The maximum Gasteiger partial charge on any atom is 0.499 e. The summed E-state index contributed by atoms with van der Waals surface area (Å²) in [7, 11) is -16.3. The molecule has 0 bridgehead atoms. The second-order valence-corrected chi connectivity index (χ2v) is 11.2. The van der Waals surface area contributed by atoms with Gasteiger partial charge in [0, 0.05) is 19.6 Å². The van der Waals surface area contributed by atoms with Crippen LogP contribution in [0.5, 0.6) is 0 Å². The second kappa shape index (κ2) is 16.0. The Morgan fingerprint density at radius 2 is 1.23 bits per heavy atom. The van der Waals surface area contributed by atoms with Crippen LogP contribution in [0.2, 0.25) is 0 Å². The van der Waals surface area contributed by atoms with Gasteiger partial charge in [0.25, 0.3) is 0 Å². The van der Waals surface area contributed by atoms with E-state index < -0.39 is 23.5 Å². The van der Waals surface area contributed by atoms with E-state index in [0.717, 1.165) is 56.5 Å². The van der Waals surface area contributed by atoms with Gasteiger partial charge < -0.3 is 19.6 Å². The molecule has 0 aliphatic carbocycles. The topological polar surface area (TPSA) is 178 Å². The molecule has 0 fully saturated rings. The molecule has 0 aromatic carbocycles. The van der Waals surface area contributed by atoms with E-state index >= 15 is 0 Å². The van der Waals surface area contributed by atoms with Crippen LogP contribution >= 0.6 is 23.5 Å². The highest BCUT2D eigenvalue weighted by Crippen LogP contribution is 2.66. The van der Waals surface area contributed by atoms with E-state index in [1.807, 2.05) is 13.8 Å². The Hall–Kier alpha value is 0.290. The van der Waals surface area contributed by atoms with Crippen molar-refractivity contribution in [1.29, 1.82) is 0 Å². The van der Waals surface area contributed by atoms with Crippen LogP contribution in [0.4, 0.5) is 0 Å². The zero-order valence-electron chi connectivity index (χ0n) is 18.5. The van der Waals surface area contributed by atoms with Crippen LogP contribution in [0.3, 0.4) is 0 Å². The number of nitrogens with zero attached hydrogens (tertiary/aromatic N) is 2. The van der Waals surface area contributed by atoms with Crippen LogP contribution in [0.25, 0.3) is 0 Å². The lowest BCUT2D eigenvalue weighted by molar-refractivity contribution is -0.253. The molecule has 0 aliphatic heterocycles. The number of hydroxylamine groups is 1. The van der Waals surface area contributed by atoms with Crippen LogP contribution in [-0.4, -0.2) is 49.5 Å². The second-order valence-electron chi connectivity index (χ2n) is 6.90. The fourth-order valence-corrected chi connectivity index (χ4v) is 5.51. The van der Waals surface area contributed by atoms with Gasteiger partial charge in [0.1, 0.15) is 0 Å². The number of hydrogen-bond acceptors (Lipinski definition) is 9. The summed E-state index contributed by atoms with van der Waals surface area (Å²) < 4.78 is 47.4. The molecule has 0 aromatic heterocycles. The van der Waals surface area contributed by atoms with Gasteiger partial charge in [-0.2, -0.15) is 18.4 Å². The zero-order chi connectivity index (χ0) is 24.0. The Balaban J connectivity index is 5.37. The van der Waals surface area contributed by atoms with Crippen molar-refractivity contribution in [3.05, 3.63) is 0 Å². The minimum Gasteiger partial charge on any atom is -0.302 e. The lowest BCUT2D eigenvalue weighted by Crippen LogP contribution is -2.51. The third-order valence-corrected chi connectivity index (χ3v) is 7.61. The zero-order valence-corrected chi connectivity index (χ0v) is 21.1. The molecule has 0 amide bonds. The summed E-state index contributed by atoms with van der Waals surface area (Å²) in [5.74, 6) is 0. The van der Waals surface area contributed by atoms with E-state index in [0.29, 0.717) is 19.5 Å². The van der Waals surface area contributed by atoms with Gasteiger partial charge in [-0.15, -0.1) is 0 Å². The van der Waals surface area contributed by atoms with Gasteiger partial charge in [-0.25, -0.2) is 19.1 Å². The molecule has 0 aliphatic rings. The molecule has 5 N–H and O–H groups in total. The summed E-state index contributed by atoms with van der Waals surface area (Å²) in [4.78, 5) is 36.7. The van der Waals surface area contributed by atoms with Crippen molar-refractivity contribution in [2.45, 2.75) is 78.6 Å². The SMILES string of the molecule is CCCCCNN(CCCCC)N(CCCCC)OP(=O)(O)OP(=O)(O)OP(=O)(O)O. The molecule has 16 heteroatoms. The highest BCUT2D eigenvalue weighted by atomic mass is 31.3. The van der Waals surface area contributed by atoms with Gasteiger partial charge >= 0.3 is 23.5 Å². The first kappa shape index (κ1) is 31.3. The van der Waals surface area contributed by atoms with Gasteiger partial charge in [-0.3, -0.25) is 0 Å². The molecule has 2 unspecified atom stereocenters. The van der Waals surface area contributed by atoms with Gasteiger partial charge in [-0.05, 0) is 19.3 Å². The number of phosphoric acid groups is 3. The average Bonchev–Trinajstić information content (AvgIpc) is 2.60. The first-order chi connectivity index (χ1) is 14.4. The van der Waals surface area contributed by atoms with Crippen LogP contribution < -0.4 is 5.43 Å². The Labute approximate surface area is 184 Å². The van der Waals surface area contributed by atoms with Gasteiger partial charge in [0.05, 0.1) is 0 Å². The molecule has 13 nitrogen and oxygen atoms in total. The molecule has 0 saturated carbocycles. The normalized spacial score (nSPS) is 16.5. The lowest BCUT2D eigenvalue weighted by atomic mass is 10.2. The maximum atomic E-state index is 12.3. The van der Waals surface area contributed by atoms with E-state index in [-0.39, 0.29) is 6.54 Å². The Morgan fingerprint density at radius 3 is 1.74 bits per heavy atom. The van der Waals surface area contributed by atoms with Crippen molar-refractivity contribution >= 4 is 23.5 Å². The first-order valence-electron chi connectivity index (χ1n) is 10.5. The summed E-state index contributed by atoms with van der Waals surface area (Å²) in [5.41, 5.74) is 3.12. The fraction of sp³-hybridized carbons (Fsp3) is 1.00. The van der Waals surface area contributed by atoms with Crippen LogP contribution in [0.15, 0.2) is 0 Å². The minimum absolute atomic E-state index is 0.170. The lowest BCUT2D eigenvalue weighted by Gasteiger charge is -2.34. The molecular formula is C15H38N3O10P3.